The summed E-state index contributed by atoms with van der Waals surface area (Å²) in [4.78, 5) is 13.3. The van der Waals surface area contributed by atoms with Gasteiger partial charge in [-0.1, -0.05) is 27.3 Å². The summed E-state index contributed by atoms with van der Waals surface area (Å²) in [6.45, 7) is 12.0. The van der Waals surface area contributed by atoms with Gasteiger partial charge in [0.2, 0.25) is 5.36 Å². The lowest BCUT2D eigenvalue weighted by Crippen LogP contribution is -2.50. The summed E-state index contributed by atoms with van der Waals surface area (Å²) in [7, 11) is 4.16. The number of fused-ring (bicyclic) bond motifs is 3. The van der Waals surface area contributed by atoms with E-state index in [9.17, 15) is 4.79 Å². The predicted molar refractivity (Wildman–Crippen MR) is 140 cm³/mol. The number of carboxylic acids is 1. The largest absolute Gasteiger partial charge is 0.481 e. The summed E-state index contributed by atoms with van der Waals surface area (Å²) in [6, 6.07) is 11.4. The molecule has 2 aromatic carbocycles. The van der Waals surface area contributed by atoms with Crippen molar-refractivity contribution < 1.29 is 9.90 Å². The molecular formula is C29H39N2O2+. The number of hydrogen-bond acceptors (Lipinski definition) is 2. The van der Waals surface area contributed by atoms with E-state index in [1.54, 1.807) is 0 Å². The molecule has 1 aliphatic heterocycles. The van der Waals surface area contributed by atoms with Gasteiger partial charge in [-0.15, -0.1) is 0 Å². The quantitative estimate of drug-likeness (QED) is 0.691. The summed E-state index contributed by atoms with van der Waals surface area (Å²) in [5, 5.41) is 11.6. The number of allylic oxidation sites excluding steroid dienone is 1. The number of anilines is 1. The second-order valence-electron chi connectivity index (χ2n) is 10.5. The maximum atomic E-state index is 11.1. The van der Waals surface area contributed by atoms with Gasteiger partial charge in [0.1, 0.15) is 6.54 Å². The zero-order valence-electron chi connectivity index (χ0n) is 20.4. The average Bonchev–Trinajstić information content (AvgIpc) is 2.69. The van der Waals surface area contributed by atoms with Crippen molar-refractivity contribution in [2.45, 2.75) is 65.8 Å². The zero-order valence-corrected chi connectivity index (χ0v) is 20.4. The molecule has 0 radical (unpaired) electrons. The van der Waals surface area contributed by atoms with Crippen LogP contribution in [0.1, 0.15) is 77.1 Å². The average molecular weight is 448 g/mol. The van der Waals surface area contributed by atoms with Crippen LogP contribution in [0.2, 0.25) is 0 Å². The van der Waals surface area contributed by atoms with E-state index in [4.69, 9.17) is 5.11 Å². The first-order valence-corrected chi connectivity index (χ1v) is 11.5. The van der Waals surface area contributed by atoms with Crippen molar-refractivity contribution in [1.29, 1.82) is 0 Å². The Kier molecular flexibility index (Phi) is 6.36. The van der Waals surface area contributed by atoms with Gasteiger partial charge in [-0.2, -0.15) is 0 Å². The molecule has 176 valence electrons. The highest BCUT2D eigenvalue weighted by Gasteiger charge is 2.36. The van der Waals surface area contributed by atoms with E-state index in [0.717, 1.165) is 6.54 Å². The van der Waals surface area contributed by atoms with Gasteiger partial charge in [0.15, 0.2) is 5.54 Å². The van der Waals surface area contributed by atoms with Crippen LogP contribution in [0, 0.1) is 0 Å². The van der Waals surface area contributed by atoms with Crippen LogP contribution >= 0.6 is 0 Å². The van der Waals surface area contributed by atoms with Crippen molar-refractivity contribution in [2.75, 3.05) is 25.5 Å². The van der Waals surface area contributed by atoms with Crippen LogP contribution < -0.4 is 20.1 Å². The lowest BCUT2D eigenvalue weighted by atomic mass is 9.71. The number of rotatable bonds is 5. The fourth-order valence-corrected chi connectivity index (χ4v) is 5.40. The molecule has 4 rings (SSSR count). The molecule has 0 unspecified atom stereocenters. The summed E-state index contributed by atoms with van der Waals surface area (Å²) in [5.74, 6) is -0.735. The second-order valence-corrected chi connectivity index (χ2v) is 10.5. The molecule has 0 atom stereocenters. The Hall–Kier alpha value is -2.88. The van der Waals surface area contributed by atoms with Gasteiger partial charge in [0, 0.05) is 57.1 Å². The molecular weight excluding hydrogens is 408 g/mol. The van der Waals surface area contributed by atoms with Gasteiger partial charge >= 0.3 is 5.97 Å². The Bertz CT molecular complexity index is 1260. The van der Waals surface area contributed by atoms with Gasteiger partial charge in [-0.25, -0.2) is 4.58 Å². The topological polar surface area (TPSA) is 43.6 Å². The number of hydrogen-bond donors (Lipinski definition) is 1. The molecule has 4 heteroatoms. The van der Waals surface area contributed by atoms with E-state index in [0.29, 0.717) is 6.42 Å². The molecule has 1 heterocycles. The van der Waals surface area contributed by atoms with Crippen LogP contribution in [0.25, 0.3) is 11.6 Å². The van der Waals surface area contributed by atoms with E-state index in [1.807, 2.05) is 0 Å². The van der Waals surface area contributed by atoms with Crippen molar-refractivity contribution in [3.8, 4) is 0 Å². The fraction of sp³-hybridized carbons (Fsp3) is 0.448. The molecule has 0 bridgehead atoms. The summed E-state index contributed by atoms with van der Waals surface area (Å²) in [5.41, 5.74) is 7.39. The summed E-state index contributed by atoms with van der Waals surface area (Å²) >= 11 is 0. The van der Waals surface area contributed by atoms with E-state index in [2.05, 4.69) is 101 Å². The fourth-order valence-electron chi connectivity index (χ4n) is 5.40. The molecule has 0 amide bonds. The molecule has 0 saturated heterocycles. The van der Waals surface area contributed by atoms with Crippen molar-refractivity contribution in [1.82, 2.24) is 4.58 Å². The van der Waals surface area contributed by atoms with E-state index < -0.39 is 5.97 Å². The molecule has 1 aliphatic carbocycles. The second kappa shape index (κ2) is 8.48. The molecule has 4 nitrogen and oxygen atoms in total. The number of benzene rings is 2. The highest BCUT2D eigenvalue weighted by Crippen LogP contribution is 2.37. The Morgan fingerprint density at radius 3 is 2.39 bits per heavy atom. The maximum Gasteiger partial charge on any atom is 0.303 e. The highest BCUT2D eigenvalue weighted by molar-refractivity contribution is 5.72. The van der Waals surface area contributed by atoms with Crippen molar-refractivity contribution in [3.63, 3.8) is 0 Å². The first-order valence-electron chi connectivity index (χ1n) is 11.5. The van der Waals surface area contributed by atoms with Gasteiger partial charge in [0.25, 0.3) is 0 Å². The monoisotopic (exact) mass is 447 g/mol. The third kappa shape index (κ3) is 4.23. The molecule has 0 spiro atoms. The lowest BCUT2D eigenvalue weighted by molar-refractivity contribution is -0.137. The van der Waals surface area contributed by atoms with E-state index >= 15 is 0 Å². The third-order valence-electron chi connectivity index (χ3n) is 7.13. The Morgan fingerprint density at radius 1 is 1.06 bits per heavy atom. The highest BCUT2D eigenvalue weighted by atomic mass is 16.4. The minimum atomic E-state index is -0.735. The summed E-state index contributed by atoms with van der Waals surface area (Å²) < 4.78 is 2.39. The standard InChI is InChI=1S/C28H34N2O2.CH4/c1-18-17-27(2,3)30(12-8-9-26(31)32)25-16-24-20(14-22(18)25)13-19-10-11-21(29(6)7)15-23(19)28(24,4)5;/h10-11,13-17H,8-9,12H2,1-7H3;1H4/p+1. The normalized spacial score (nSPS) is 16.9. The lowest BCUT2D eigenvalue weighted by Gasteiger charge is -2.33. The minimum absolute atomic E-state index is 0. The number of carbonyl (C=O) groups is 1. The van der Waals surface area contributed by atoms with Gasteiger partial charge in [-0.3, -0.25) is 4.79 Å². The molecule has 0 fully saturated rings. The van der Waals surface area contributed by atoms with E-state index in [-0.39, 0.29) is 24.8 Å². The van der Waals surface area contributed by atoms with Crippen molar-refractivity contribution in [3.05, 3.63) is 69.2 Å². The van der Waals surface area contributed by atoms with Crippen LogP contribution in [0.4, 0.5) is 5.69 Å². The van der Waals surface area contributed by atoms with Crippen LogP contribution in [0.15, 0.2) is 36.4 Å². The van der Waals surface area contributed by atoms with Gasteiger partial charge < -0.3 is 10.0 Å². The zero-order chi connectivity index (χ0) is 23.4. The molecule has 33 heavy (non-hydrogen) atoms. The third-order valence-corrected chi connectivity index (χ3v) is 7.13. The molecule has 2 aromatic rings. The van der Waals surface area contributed by atoms with Crippen LogP contribution in [-0.2, 0) is 10.2 Å². The number of nitrogens with zero attached hydrogens (tertiary/aromatic N) is 2. The predicted octanol–water partition coefficient (Wildman–Crippen LogP) is 4.41. The Labute approximate surface area is 198 Å². The summed E-state index contributed by atoms with van der Waals surface area (Å²) in [6.07, 6.45) is 5.45. The Balaban J connectivity index is 0.00000306. The molecule has 2 aliphatic rings. The number of aliphatic carboxylic acids is 1. The van der Waals surface area contributed by atoms with Gasteiger partial charge in [-0.05, 0) is 64.8 Å². The van der Waals surface area contributed by atoms with E-state index in [1.165, 1.54) is 44.1 Å². The van der Waals surface area contributed by atoms with Crippen molar-refractivity contribution in [2.24, 2.45) is 0 Å². The minimum Gasteiger partial charge on any atom is -0.481 e. The number of carboxylic acid groups (broad SMARTS) is 1. The van der Waals surface area contributed by atoms with Crippen LogP contribution in [0.5, 0.6) is 0 Å². The Morgan fingerprint density at radius 2 is 1.76 bits per heavy atom. The van der Waals surface area contributed by atoms with Crippen LogP contribution in [-0.4, -0.2) is 37.3 Å². The first kappa shape index (κ1) is 24.8. The first-order chi connectivity index (χ1) is 14.9. The molecule has 0 saturated carbocycles. The SMILES string of the molecule is C.CC1=CC(C)(C)[N+](CCCC(=O)O)=c2cc3c(cc21)=Cc1ccc(N(C)C)cc1C3(C)C. The molecule has 1 N–H and O–H groups in total. The smallest absolute Gasteiger partial charge is 0.303 e. The molecule has 0 aromatic heterocycles. The maximum absolute atomic E-state index is 11.1. The van der Waals surface area contributed by atoms with Crippen molar-refractivity contribution >= 4 is 23.3 Å². The van der Waals surface area contributed by atoms with Gasteiger partial charge in [0.05, 0.1) is 6.42 Å². The van der Waals surface area contributed by atoms with Crippen LogP contribution in [0.3, 0.4) is 0 Å².